The molecule has 2 aromatic rings. The van der Waals surface area contributed by atoms with Crippen molar-refractivity contribution in [3.8, 4) is 16.9 Å². The number of hydrogen-bond acceptors (Lipinski definition) is 3. The summed E-state index contributed by atoms with van der Waals surface area (Å²) in [6.45, 7) is 0. The van der Waals surface area contributed by atoms with Crippen molar-refractivity contribution in [1.29, 1.82) is 0 Å². The molecule has 2 aromatic carbocycles. The molecule has 5 nitrogen and oxygen atoms in total. The quantitative estimate of drug-likeness (QED) is 0.810. The van der Waals surface area contributed by atoms with Gasteiger partial charge in [-0.2, -0.15) is 0 Å². The molecule has 0 fully saturated rings. The fraction of sp³-hybridized carbons (Fsp3) is 0.200. The van der Waals surface area contributed by atoms with E-state index >= 15 is 0 Å². The topological polar surface area (TPSA) is 75.6 Å². The second kappa shape index (κ2) is 7.62. The molecule has 1 aliphatic rings. The zero-order valence-electron chi connectivity index (χ0n) is 14.2. The lowest BCUT2D eigenvalue weighted by Crippen LogP contribution is -2.16. The Labute approximate surface area is 156 Å². The molecule has 0 aromatic heterocycles. The number of benzene rings is 2. The molecule has 1 aliphatic carbocycles. The molecule has 0 saturated carbocycles. The average Bonchev–Trinajstić information content (AvgIpc) is 3.14. The maximum atomic E-state index is 12.4. The molecule has 2 N–H and O–H groups in total. The predicted octanol–water partition coefficient (Wildman–Crippen LogP) is 4.52. The number of amides is 1. The summed E-state index contributed by atoms with van der Waals surface area (Å²) in [4.78, 5) is 23.6. The minimum Gasteiger partial charge on any atom is -0.497 e. The summed E-state index contributed by atoms with van der Waals surface area (Å²) in [6.07, 6.45) is 1.56. The van der Waals surface area contributed by atoms with Gasteiger partial charge in [-0.15, -0.1) is 0 Å². The molecule has 1 amide bonds. The zero-order valence-corrected chi connectivity index (χ0v) is 15.0. The van der Waals surface area contributed by atoms with Gasteiger partial charge in [-0.3, -0.25) is 4.79 Å². The Bertz CT molecular complexity index is 887. The minimum atomic E-state index is -1.03. The Hall–Kier alpha value is -2.79. The van der Waals surface area contributed by atoms with E-state index in [4.69, 9.17) is 16.3 Å². The van der Waals surface area contributed by atoms with Crippen LogP contribution in [0.15, 0.2) is 53.6 Å². The van der Waals surface area contributed by atoms with E-state index in [2.05, 4.69) is 5.32 Å². The van der Waals surface area contributed by atoms with Gasteiger partial charge < -0.3 is 15.2 Å². The molecule has 0 heterocycles. The number of methoxy groups -OCH3 is 1. The van der Waals surface area contributed by atoms with E-state index in [0.29, 0.717) is 35.5 Å². The van der Waals surface area contributed by atoms with E-state index < -0.39 is 11.9 Å². The molecular weight excluding hydrogens is 354 g/mol. The van der Waals surface area contributed by atoms with Gasteiger partial charge in [-0.1, -0.05) is 29.8 Å². The van der Waals surface area contributed by atoms with Gasteiger partial charge in [0.1, 0.15) is 5.75 Å². The van der Waals surface area contributed by atoms with Gasteiger partial charge in [-0.05, 0) is 54.7 Å². The molecule has 3 rings (SSSR count). The summed E-state index contributed by atoms with van der Waals surface area (Å²) in [5.74, 6) is -0.671. The lowest BCUT2D eigenvalue weighted by Gasteiger charge is -2.11. The van der Waals surface area contributed by atoms with E-state index in [1.54, 1.807) is 19.2 Å². The van der Waals surface area contributed by atoms with Crippen molar-refractivity contribution >= 4 is 29.2 Å². The Kier molecular flexibility index (Phi) is 5.28. The first kappa shape index (κ1) is 18.0. The summed E-state index contributed by atoms with van der Waals surface area (Å²) in [6, 6.07) is 12.9. The summed E-state index contributed by atoms with van der Waals surface area (Å²) >= 11 is 6.32. The van der Waals surface area contributed by atoms with Gasteiger partial charge in [0.15, 0.2) is 0 Å². The molecule has 0 aliphatic heterocycles. The molecule has 0 radical (unpaired) electrons. The lowest BCUT2D eigenvalue weighted by molar-refractivity contribution is -0.133. The van der Waals surface area contributed by atoms with Crippen LogP contribution in [-0.2, 0) is 9.59 Å². The van der Waals surface area contributed by atoms with Crippen LogP contribution >= 0.6 is 11.6 Å². The van der Waals surface area contributed by atoms with Gasteiger partial charge in [-0.25, -0.2) is 4.79 Å². The maximum Gasteiger partial charge on any atom is 0.332 e. The third-order valence-corrected chi connectivity index (χ3v) is 4.70. The van der Waals surface area contributed by atoms with E-state index in [1.165, 1.54) is 0 Å². The molecule has 134 valence electrons. The average molecular weight is 372 g/mol. The van der Waals surface area contributed by atoms with Crippen molar-refractivity contribution in [3.63, 3.8) is 0 Å². The largest absolute Gasteiger partial charge is 0.497 e. The molecule has 6 heteroatoms. The smallest absolute Gasteiger partial charge is 0.332 e. The van der Waals surface area contributed by atoms with Crippen LogP contribution in [0.2, 0.25) is 5.02 Å². The Morgan fingerprint density at radius 3 is 2.31 bits per heavy atom. The van der Waals surface area contributed by atoms with E-state index in [9.17, 15) is 14.7 Å². The van der Waals surface area contributed by atoms with Crippen molar-refractivity contribution < 1.29 is 19.4 Å². The summed E-state index contributed by atoms with van der Waals surface area (Å²) in [5.41, 5.74) is 2.85. The SMILES string of the molecule is COc1ccc(-c2ccc(NC(=O)C3=C(C(=O)O)CCC3)c(Cl)c2)cc1. The monoisotopic (exact) mass is 371 g/mol. The summed E-state index contributed by atoms with van der Waals surface area (Å²) in [5, 5.41) is 12.3. The third-order valence-electron chi connectivity index (χ3n) is 4.39. The number of halogens is 1. The lowest BCUT2D eigenvalue weighted by atomic mass is 10.0. The number of aliphatic carboxylic acids is 1. The van der Waals surface area contributed by atoms with Crippen LogP contribution in [-0.4, -0.2) is 24.1 Å². The van der Waals surface area contributed by atoms with Crippen molar-refractivity contribution in [1.82, 2.24) is 0 Å². The van der Waals surface area contributed by atoms with Crippen LogP contribution in [0.5, 0.6) is 5.75 Å². The number of anilines is 1. The number of carboxylic acid groups (broad SMARTS) is 1. The highest BCUT2D eigenvalue weighted by Gasteiger charge is 2.25. The summed E-state index contributed by atoms with van der Waals surface area (Å²) < 4.78 is 5.15. The Balaban J connectivity index is 1.80. The van der Waals surface area contributed by atoms with Gasteiger partial charge in [0, 0.05) is 11.1 Å². The number of carbonyl (C=O) groups is 2. The van der Waals surface area contributed by atoms with Gasteiger partial charge in [0.05, 0.1) is 17.8 Å². The van der Waals surface area contributed by atoms with E-state index in [0.717, 1.165) is 16.9 Å². The molecule has 0 bridgehead atoms. The number of hydrogen-bond donors (Lipinski definition) is 2. The highest BCUT2D eigenvalue weighted by molar-refractivity contribution is 6.34. The van der Waals surface area contributed by atoms with Crippen molar-refractivity contribution in [2.24, 2.45) is 0 Å². The van der Waals surface area contributed by atoms with Gasteiger partial charge >= 0.3 is 5.97 Å². The summed E-state index contributed by atoms with van der Waals surface area (Å²) in [7, 11) is 1.61. The van der Waals surface area contributed by atoms with Crippen LogP contribution in [0.1, 0.15) is 19.3 Å². The predicted molar refractivity (Wildman–Crippen MR) is 101 cm³/mol. The standard InChI is InChI=1S/C20H18ClNO4/c1-26-14-8-5-12(6-9-14)13-7-10-18(17(21)11-13)22-19(23)15-3-2-4-16(15)20(24)25/h5-11H,2-4H2,1H3,(H,22,23)(H,24,25). The third kappa shape index (κ3) is 3.73. The van der Waals surface area contributed by atoms with Crippen LogP contribution in [0.4, 0.5) is 5.69 Å². The first-order chi connectivity index (χ1) is 12.5. The van der Waals surface area contributed by atoms with Crippen molar-refractivity contribution in [2.75, 3.05) is 12.4 Å². The van der Waals surface area contributed by atoms with Crippen LogP contribution in [0.3, 0.4) is 0 Å². The van der Waals surface area contributed by atoms with Crippen molar-refractivity contribution in [3.05, 3.63) is 58.6 Å². The fourth-order valence-corrected chi connectivity index (χ4v) is 3.24. The first-order valence-electron chi connectivity index (χ1n) is 8.20. The van der Waals surface area contributed by atoms with Crippen LogP contribution in [0, 0.1) is 0 Å². The number of ether oxygens (including phenoxy) is 1. The normalized spacial score (nSPS) is 13.6. The molecule has 0 saturated heterocycles. The number of rotatable bonds is 5. The highest BCUT2D eigenvalue weighted by Crippen LogP contribution is 2.32. The number of nitrogens with one attached hydrogen (secondary N) is 1. The van der Waals surface area contributed by atoms with E-state index in [-0.39, 0.29) is 5.57 Å². The zero-order chi connectivity index (χ0) is 18.7. The maximum absolute atomic E-state index is 12.4. The fourth-order valence-electron chi connectivity index (χ4n) is 3.01. The second-order valence-corrected chi connectivity index (χ2v) is 6.40. The molecular formula is C20H18ClNO4. The van der Waals surface area contributed by atoms with E-state index in [1.807, 2.05) is 30.3 Å². The number of carboxylic acids is 1. The molecule has 0 spiro atoms. The molecule has 0 atom stereocenters. The van der Waals surface area contributed by atoms with Crippen LogP contribution in [0.25, 0.3) is 11.1 Å². The first-order valence-corrected chi connectivity index (χ1v) is 8.58. The second-order valence-electron chi connectivity index (χ2n) is 5.99. The van der Waals surface area contributed by atoms with Crippen LogP contribution < -0.4 is 10.1 Å². The number of carbonyl (C=O) groups excluding carboxylic acids is 1. The Morgan fingerprint density at radius 2 is 1.69 bits per heavy atom. The van der Waals surface area contributed by atoms with Gasteiger partial charge in [0.2, 0.25) is 0 Å². The van der Waals surface area contributed by atoms with Crippen molar-refractivity contribution in [2.45, 2.75) is 19.3 Å². The highest BCUT2D eigenvalue weighted by atomic mass is 35.5. The molecule has 0 unspecified atom stereocenters. The Morgan fingerprint density at radius 1 is 1.04 bits per heavy atom. The minimum absolute atomic E-state index is 0.188. The molecule has 26 heavy (non-hydrogen) atoms. The van der Waals surface area contributed by atoms with Gasteiger partial charge in [0.25, 0.3) is 5.91 Å².